The first-order valence-corrected chi connectivity index (χ1v) is 9.56. The van der Waals surface area contributed by atoms with Gasteiger partial charge in [-0.3, -0.25) is 4.79 Å². The molecular weight excluding hydrogens is 314 g/mol. The number of anilines is 1. The third kappa shape index (κ3) is 2.77. The number of hydrogen-bond donors (Lipinski definition) is 0. The number of aromatic nitrogens is 3. The zero-order valence-electron chi connectivity index (χ0n) is 14.8. The number of amides is 1. The van der Waals surface area contributed by atoms with Crippen LogP contribution in [0, 0.1) is 5.92 Å². The molecular formula is C19H25N5O. The molecule has 2 aromatic heterocycles. The Morgan fingerprint density at radius 1 is 1.24 bits per heavy atom. The molecule has 3 aliphatic rings. The van der Waals surface area contributed by atoms with Crippen LogP contribution in [0.5, 0.6) is 0 Å². The zero-order chi connectivity index (χ0) is 17.0. The highest BCUT2D eigenvalue weighted by Crippen LogP contribution is 2.40. The smallest absolute Gasteiger partial charge is 0.225 e. The molecule has 1 aliphatic heterocycles. The monoisotopic (exact) mass is 339 g/mol. The van der Waals surface area contributed by atoms with E-state index in [0.717, 1.165) is 50.1 Å². The predicted octanol–water partition coefficient (Wildman–Crippen LogP) is 2.44. The van der Waals surface area contributed by atoms with Gasteiger partial charge in [-0.15, -0.1) is 0 Å². The first-order chi connectivity index (χ1) is 12.2. The van der Waals surface area contributed by atoms with Gasteiger partial charge in [0.1, 0.15) is 5.52 Å². The summed E-state index contributed by atoms with van der Waals surface area (Å²) in [7, 11) is 1.98. The van der Waals surface area contributed by atoms with Gasteiger partial charge in [-0.2, -0.15) is 5.10 Å². The lowest BCUT2D eigenvalue weighted by Gasteiger charge is -2.38. The molecule has 1 saturated heterocycles. The lowest BCUT2D eigenvalue weighted by molar-refractivity contribution is -0.133. The summed E-state index contributed by atoms with van der Waals surface area (Å²) >= 11 is 0. The zero-order valence-corrected chi connectivity index (χ0v) is 14.8. The van der Waals surface area contributed by atoms with Crippen LogP contribution in [0.4, 0.5) is 5.82 Å². The molecule has 2 aromatic rings. The van der Waals surface area contributed by atoms with Gasteiger partial charge in [0.15, 0.2) is 5.82 Å². The highest BCUT2D eigenvalue weighted by Gasteiger charge is 2.36. The van der Waals surface area contributed by atoms with Crippen molar-refractivity contribution < 1.29 is 4.79 Å². The molecule has 25 heavy (non-hydrogen) atoms. The van der Waals surface area contributed by atoms with Crippen LogP contribution in [-0.2, 0) is 4.79 Å². The Hall–Kier alpha value is -2.11. The maximum atomic E-state index is 12.4. The SMILES string of the molecule is CN(C(=O)C1CC1)C1CCCN(c2nccn3nc(C4CC4)cc23)C1. The summed E-state index contributed by atoms with van der Waals surface area (Å²) in [6, 6.07) is 2.50. The van der Waals surface area contributed by atoms with Gasteiger partial charge in [0.25, 0.3) is 0 Å². The molecule has 5 rings (SSSR count). The first-order valence-electron chi connectivity index (χ1n) is 9.56. The van der Waals surface area contributed by atoms with E-state index in [9.17, 15) is 4.79 Å². The maximum Gasteiger partial charge on any atom is 0.225 e. The average molecular weight is 339 g/mol. The highest BCUT2D eigenvalue weighted by atomic mass is 16.2. The van der Waals surface area contributed by atoms with Crippen molar-refractivity contribution in [3.8, 4) is 0 Å². The standard InChI is InChI=1S/C19H25N5O/c1-22(19(25)14-6-7-14)15-3-2-9-23(12-15)18-17-11-16(13-4-5-13)21-24(17)10-8-20-18/h8,10-11,13-15H,2-7,9,12H2,1H3. The topological polar surface area (TPSA) is 53.7 Å². The second-order valence-corrected chi connectivity index (χ2v) is 7.89. The molecule has 0 radical (unpaired) electrons. The van der Waals surface area contributed by atoms with Crippen LogP contribution in [-0.4, -0.2) is 51.6 Å². The molecule has 3 fully saturated rings. The Morgan fingerprint density at radius 3 is 2.84 bits per heavy atom. The van der Waals surface area contributed by atoms with Gasteiger partial charge < -0.3 is 9.80 Å². The number of fused-ring (bicyclic) bond motifs is 1. The van der Waals surface area contributed by atoms with Crippen molar-refractivity contribution in [2.75, 3.05) is 25.0 Å². The minimum Gasteiger partial charge on any atom is -0.353 e. The molecule has 0 N–H and O–H groups in total. The number of carbonyl (C=O) groups excluding carboxylic acids is 1. The van der Waals surface area contributed by atoms with E-state index in [4.69, 9.17) is 5.10 Å². The second-order valence-electron chi connectivity index (χ2n) is 7.89. The van der Waals surface area contributed by atoms with Crippen LogP contribution in [0.3, 0.4) is 0 Å². The Morgan fingerprint density at radius 2 is 2.08 bits per heavy atom. The van der Waals surface area contributed by atoms with E-state index in [1.165, 1.54) is 18.5 Å². The van der Waals surface area contributed by atoms with Gasteiger partial charge in [-0.25, -0.2) is 9.50 Å². The fourth-order valence-electron chi connectivity index (χ4n) is 4.01. The van der Waals surface area contributed by atoms with E-state index < -0.39 is 0 Å². The summed E-state index contributed by atoms with van der Waals surface area (Å²) in [6.45, 7) is 1.87. The molecule has 1 atom stereocenters. The number of likely N-dealkylation sites (N-methyl/N-ethyl adjacent to an activating group) is 1. The Kier molecular flexibility index (Phi) is 3.47. The third-order valence-electron chi connectivity index (χ3n) is 5.90. The number of hydrogen-bond acceptors (Lipinski definition) is 4. The Bertz CT molecular complexity index is 807. The summed E-state index contributed by atoms with van der Waals surface area (Å²) in [4.78, 5) is 21.4. The summed E-state index contributed by atoms with van der Waals surface area (Å²) in [5.41, 5.74) is 2.30. The average Bonchev–Trinajstić information content (AvgIpc) is 3.56. The first kappa shape index (κ1) is 15.2. The lowest BCUT2D eigenvalue weighted by atomic mass is 10.0. The van der Waals surface area contributed by atoms with Crippen molar-refractivity contribution in [2.24, 2.45) is 5.92 Å². The molecule has 1 unspecified atom stereocenters. The van der Waals surface area contributed by atoms with Crippen molar-refractivity contribution in [2.45, 2.75) is 50.5 Å². The minimum atomic E-state index is 0.287. The largest absolute Gasteiger partial charge is 0.353 e. The minimum absolute atomic E-state index is 0.287. The van der Waals surface area contributed by atoms with E-state index in [1.54, 1.807) is 0 Å². The van der Waals surface area contributed by atoms with E-state index in [0.29, 0.717) is 11.8 Å². The van der Waals surface area contributed by atoms with Crippen molar-refractivity contribution >= 4 is 17.2 Å². The highest BCUT2D eigenvalue weighted by molar-refractivity contribution is 5.81. The molecule has 0 bridgehead atoms. The van der Waals surface area contributed by atoms with Crippen LogP contribution >= 0.6 is 0 Å². The molecule has 132 valence electrons. The van der Waals surface area contributed by atoms with E-state index in [-0.39, 0.29) is 12.0 Å². The van der Waals surface area contributed by atoms with E-state index in [2.05, 4.69) is 16.0 Å². The van der Waals surface area contributed by atoms with Gasteiger partial charge in [0, 0.05) is 50.4 Å². The van der Waals surface area contributed by atoms with Crippen LogP contribution in [0.2, 0.25) is 0 Å². The molecule has 3 heterocycles. The molecule has 0 aromatic carbocycles. The quantitative estimate of drug-likeness (QED) is 0.858. The maximum absolute atomic E-state index is 12.4. The van der Waals surface area contributed by atoms with Crippen molar-refractivity contribution in [1.82, 2.24) is 19.5 Å². The molecule has 2 saturated carbocycles. The fourth-order valence-corrected chi connectivity index (χ4v) is 4.01. The summed E-state index contributed by atoms with van der Waals surface area (Å²) < 4.78 is 1.97. The molecule has 2 aliphatic carbocycles. The van der Waals surface area contributed by atoms with Crippen LogP contribution in [0.1, 0.15) is 50.1 Å². The summed E-state index contributed by atoms with van der Waals surface area (Å²) in [5, 5.41) is 4.73. The van der Waals surface area contributed by atoms with E-state index >= 15 is 0 Å². The van der Waals surface area contributed by atoms with Crippen LogP contribution < -0.4 is 4.90 Å². The van der Waals surface area contributed by atoms with E-state index in [1.807, 2.05) is 28.9 Å². The van der Waals surface area contributed by atoms with Crippen molar-refractivity contribution in [3.63, 3.8) is 0 Å². The summed E-state index contributed by atoms with van der Waals surface area (Å²) in [5.74, 6) is 2.28. The van der Waals surface area contributed by atoms with Gasteiger partial charge in [0.05, 0.1) is 5.69 Å². The van der Waals surface area contributed by atoms with Crippen LogP contribution in [0.25, 0.3) is 5.52 Å². The van der Waals surface area contributed by atoms with Crippen molar-refractivity contribution in [1.29, 1.82) is 0 Å². The number of rotatable bonds is 4. The Balaban J connectivity index is 1.40. The number of piperidine rings is 1. The fraction of sp³-hybridized carbons (Fsp3) is 0.632. The molecule has 6 nitrogen and oxygen atoms in total. The number of carbonyl (C=O) groups is 1. The second kappa shape index (κ2) is 5.71. The van der Waals surface area contributed by atoms with Gasteiger partial charge in [-0.1, -0.05) is 0 Å². The lowest BCUT2D eigenvalue weighted by Crippen LogP contribution is -2.49. The normalized spacial score (nSPS) is 23.9. The van der Waals surface area contributed by atoms with Gasteiger partial charge in [-0.05, 0) is 44.6 Å². The summed E-state index contributed by atoms with van der Waals surface area (Å²) in [6.07, 6.45) is 10.6. The van der Waals surface area contributed by atoms with Gasteiger partial charge in [0.2, 0.25) is 5.91 Å². The Labute approximate surface area is 147 Å². The van der Waals surface area contributed by atoms with Gasteiger partial charge >= 0.3 is 0 Å². The third-order valence-corrected chi connectivity index (χ3v) is 5.90. The number of nitrogens with zero attached hydrogens (tertiary/aromatic N) is 5. The molecule has 6 heteroatoms. The molecule has 1 amide bonds. The van der Waals surface area contributed by atoms with Crippen LogP contribution in [0.15, 0.2) is 18.5 Å². The molecule has 0 spiro atoms. The predicted molar refractivity (Wildman–Crippen MR) is 95.7 cm³/mol. The van der Waals surface area contributed by atoms with Crippen molar-refractivity contribution in [3.05, 3.63) is 24.2 Å².